The minimum Gasteiger partial charge on any atom is -0.485 e. The Hall–Kier alpha value is -3.85. The van der Waals surface area contributed by atoms with Gasteiger partial charge in [-0.25, -0.2) is 4.79 Å². The molecule has 0 aliphatic rings. The zero-order chi connectivity index (χ0) is 21.8. The number of nitrogens with zero attached hydrogens (tertiary/aromatic N) is 2. The first kappa shape index (κ1) is 20.4. The summed E-state index contributed by atoms with van der Waals surface area (Å²) in [5.74, 6) is 0.305. The van der Waals surface area contributed by atoms with Crippen LogP contribution in [0.5, 0.6) is 5.75 Å². The molecule has 6 heteroatoms. The molecule has 2 heterocycles. The molecule has 0 aliphatic heterocycles. The van der Waals surface area contributed by atoms with Gasteiger partial charge in [-0.3, -0.25) is 4.79 Å². The number of ether oxygens (including phenoxy) is 1. The molecular weight excluding hydrogens is 392 g/mol. The molecule has 0 atom stereocenters. The van der Waals surface area contributed by atoms with E-state index in [0.29, 0.717) is 29.9 Å². The maximum Gasteiger partial charge on any atom is 0.336 e. The Morgan fingerprint density at radius 1 is 1.16 bits per heavy atom. The van der Waals surface area contributed by atoms with Crippen molar-refractivity contribution >= 4 is 27.7 Å². The molecule has 2 aromatic heterocycles. The number of rotatable bonds is 8. The van der Waals surface area contributed by atoms with E-state index in [-0.39, 0.29) is 12.4 Å². The molecule has 0 spiro atoms. The molecule has 0 unspecified atom stereocenters. The molecule has 0 aliphatic carbocycles. The molecule has 0 amide bonds. The van der Waals surface area contributed by atoms with Gasteiger partial charge >= 0.3 is 5.63 Å². The molecule has 0 bridgehead atoms. The first-order valence-electron chi connectivity index (χ1n) is 10.3. The van der Waals surface area contributed by atoms with Crippen molar-refractivity contribution in [3.63, 3.8) is 0 Å². The van der Waals surface area contributed by atoms with Crippen molar-refractivity contribution in [3.8, 4) is 11.8 Å². The topological polar surface area (TPSA) is 85.2 Å². The number of hydrogen-bond donors (Lipinski definition) is 0. The second kappa shape index (κ2) is 8.88. The van der Waals surface area contributed by atoms with Crippen LogP contribution in [0.2, 0.25) is 0 Å². The van der Waals surface area contributed by atoms with Crippen LogP contribution in [0.4, 0.5) is 0 Å². The lowest BCUT2D eigenvalue weighted by Gasteiger charge is -2.08. The summed E-state index contributed by atoms with van der Waals surface area (Å²) in [5.41, 5.74) is 2.48. The minimum absolute atomic E-state index is 0.142. The standard InChI is InChI=1S/C25H22N2O4/c1-2-6-17-13-25(29)31-24-14-18(9-10-19(17)24)30-16-23(28)21-15-27(12-5-11-26)22-8-4-3-7-20(21)22/h3-4,7-10,13-15H,2,5-6,12,16H2,1H3. The Labute approximate surface area is 179 Å². The van der Waals surface area contributed by atoms with Gasteiger partial charge in [0, 0.05) is 46.7 Å². The number of fused-ring (bicyclic) bond motifs is 2. The third-order valence-corrected chi connectivity index (χ3v) is 5.24. The van der Waals surface area contributed by atoms with Crippen molar-refractivity contribution in [2.75, 3.05) is 6.61 Å². The summed E-state index contributed by atoms with van der Waals surface area (Å²) in [7, 11) is 0. The van der Waals surface area contributed by atoms with Crippen molar-refractivity contribution in [2.45, 2.75) is 32.7 Å². The quantitative estimate of drug-likeness (QED) is 0.303. The summed E-state index contributed by atoms with van der Waals surface area (Å²) in [5, 5.41) is 10.6. The number of hydrogen-bond acceptors (Lipinski definition) is 5. The van der Waals surface area contributed by atoms with Crippen LogP contribution in [0.1, 0.15) is 35.7 Å². The van der Waals surface area contributed by atoms with E-state index >= 15 is 0 Å². The number of carbonyl (C=O) groups excluding carboxylic acids is 1. The van der Waals surface area contributed by atoms with Crippen molar-refractivity contribution in [3.05, 3.63) is 76.3 Å². The molecule has 4 rings (SSSR count). The number of para-hydroxylation sites is 1. The zero-order valence-corrected chi connectivity index (χ0v) is 17.3. The van der Waals surface area contributed by atoms with Gasteiger partial charge in [-0.2, -0.15) is 5.26 Å². The van der Waals surface area contributed by atoms with E-state index in [0.717, 1.165) is 34.7 Å². The predicted molar refractivity (Wildman–Crippen MR) is 118 cm³/mol. The first-order chi connectivity index (χ1) is 15.1. The molecule has 0 radical (unpaired) electrons. The Morgan fingerprint density at radius 3 is 2.81 bits per heavy atom. The van der Waals surface area contributed by atoms with E-state index < -0.39 is 5.63 Å². The van der Waals surface area contributed by atoms with Gasteiger partial charge in [0.1, 0.15) is 11.3 Å². The van der Waals surface area contributed by atoms with Crippen molar-refractivity contribution in [1.29, 1.82) is 5.26 Å². The molecule has 31 heavy (non-hydrogen) atoms. The Morgan fingerprint density at radius 2 is 2.00 bits per heavy atom. The number of ketones is 1. The van der Waals surface area contributed by atoms with Gasteiger partial charge in [-0.1, -0.05) is 31.5 Å². The largest absolute Gasteiger partial charge is 0.485 e. The third-order valence-electron chi connectivity index (χ3n) is 5.24. The molecule has 0 N–H and O–H groups in total. The Bertz CT molecular complexity index is 1360. The lowest BCUT2D eigenvalue weighted by molar-refractivity contribution is 0.0923. The van der Waals surface area contributed by atoms with Crippen LogP contribution in [0.25, 0.3) is 21.9 Å². The number of aromatic nitrogens is 1. The maximum absolute atomic E-state index is 12.9. The Balaban J connectivity index is 1.57. The number of benzene rings is 2. The van der Waals surface area contributed by atoms with Crippen molar-refractivity contribution < 1.29 is 13.9 Å². The predicted octanol–water partition coefficient (Wildman–Crippen LogP) is 4.88. The number of nitriles is 1. The summed E-state index contributed by atoms with van der Waals surface area (Å²) in [6.07, 6.45) is 3.86. The lowest BCUT2D eigenvalue weighted by Crippen LogP contribution is -2.11. The summed E-state index contributed by atoms with van der Waals surface area (Å²) in [4.78, 5) is 24.8. The highest BCUT2D eigenvalue weighted by Crippen LogP contribution is 2.25. The van der Waals surface area contributed by atoms with Crippen LogP contribution in [0, 0.1) is 11.3 Å². The van der Waals surface area contributed by atoms with Crippen LogP contribution in [0.15, 0.2) is 63.9 Å². The molecule has 0 saturated carbocycles. The lowest BCUT2D eigenvalue weighted by atomic mass is 10.1. The fraction of sp³-hybridized carbons (Fsp3) is 0.240. The van der Waals surface area contributed by atoms with E-state index in [2.05, 4.69) is 13.0 Å². The normalized spacial score (nSPS) is 11.0. The van der Waals surface area contributed by atoms with Gasteiger partial charge in [0.05, 0.1) is 12.5 Å². The first-order valence-corrected chi connectivity index (χ1v) is 10.3. The third kappa shape index (κ3) is 4.22. The molecule has 156 valence electrons. The second-order valence-corrected chi connectivity index (χ2v) is 7.37. The smallest absolute Gasteiger partial charge is 0.336 e. The van der Waals surface area contributed by atoms with Gasteiger partial charge < -0.3 is 13.7 Å². The number of Topliss-reactive ketones (excluding diaryl/α,β-unsaturated/α-hetero) is 1. The van der Waals surface area contributed by atoms with E-state index in [9.17, 15) is 9.59 Å². The SMILES string of the molecule is CCCc1cc(=O)oc2cc(OCC(=O)c3cn(CCC#N)c4ccccc34)ccc12. The highest BCUT2D eigenvalue weighted by molar-refractivity contribution is 6.08. The van der Waals surface area contributed by atoms with Gasteiger partial charge in [0.2, 0.25) is 5.78 Å². The van der Waals surface area contributed by atoms with Gasteiger partial charge in [-0.05, 0) is 30.2 Å². The highest BCUT2D eigenvalue weighted by atomic mass is 16.5. The molecule has 0 saturated heterocycles. The molecule has 6 nitrogen and oxygen atoms in total. The number of aryl methyl sites for hydroxylation is 2. The maximum atomic E-state index is 12.9. The van der Waals surface area contributed by atoms with E-state index in [1.165, 1.54) is 6.07 Å². The molecule has 2 aromatic carbocycles. The van der Waals surface area contributed by atoms with E-state index in [1.807, 2.05) is 34.9 Å². The molecule has 0 fully saturated rings. The molecule has 4 aromatic rings. The fourth-order valence-electron chi connectivity index (χ4n) is 3.83. The van der Waals surface area contributed by atoms with Crippen LogP contribution >= 0.6 is 0 Å². The average molecular weight is 414 g/mol. The highest BCUT2D eigenvalue weighted by Gasteiger charge is 2.16. The van der Waals surface area contributed by atoms with Crippen LogP contribution in [-0.2, 0) is 13.0 Å². The van der Waals surface area contributed by atoms with Crippen LogP contribution in [0.3, 0.4) is 0 Å². The molecular formula is C25H22N2O4. The van der Waals surface area contributed by atoms with Crippen LogP contribution in [-0.4, -0.2) is 17.0 Å². The van der Waals surface area contributed by atoms with Gasteiger partial charge in [0.25, 0.3) is 0 Å². The van der Waals surface area contributed by atoms with Gasteiger partial charge in [0.15, 0.2) is 6.61 Å². The average Bonchev–Trinajstić information content (AvgIpc) is 3.14. The summed E-state index contributed by atoms with van der Waals surface area (Å²) in [6.45, 7) is 2.44. The monoisotopic (exact) mass is 414 g/mol. The number of carbonyl (C=O) groups is 1. The van der Waals surface area contributed by atoms with E-state index in [1.54, 1.807) is 18.3 Å². The van der Waals surface area contributed by atoms with Crippen LogP contribution < -0.4 is 10.4 Å². The Kier molecular flexibility index (Phi) is 5.85. The van der Waals surface area contributed by atoms with Crippen molar-refractivity contribution in [1.82, 2.24) is 4.57 Å². The zero-order valence-electron chi connectivity index (χ0n) is 17.3. The summed E-state index contributed by atoms with van der Waals surface area (Å²) < 4.78 is 13.0. The van der Waals surface area contributed by atoms with E-state index in [4.69, 9.17) is 14.4 Å². The summed E-state index contributed by atoms with van der Waals surface area (Å²) in [6, 6.07) is 16.6. The fourth-order valence-corrected chi connectivity index (χ4v) is 3.83. The minimum atomic E-state index is -0.394. The summed E-state index contributed by atoms with van der Waals surface area (Å²) >= 11 is 0. The second-order valence-electron chi connectivity index (χ2n) is 7.37. The van der Waals surface area contributed by atoms with Crippen molar-refractivity contribution in [2.24, 2.45) is 0 Å². The van der Waals surface area contributed by atoms with Gasteiger partial charge in [-0.15, -0.1) is 0 Å².